The van der Waals surface area contributed by atoms with Gasteiger partial charge in [-0.25, -0.2) is 0 Å². The predicted molar refractivity (Wildman–Crippen MR) is 149 cm³/mol. The fraction of sp³-hybridized carbons (Fsp3) is 0.161. The van der Waals surface area contributed by atoms with Crippen LogP contribution in [0.4, 0.5) is 13.2 Å². The number of rotatable bonds is 11. The molecule has 0 atom stereocenters. The van der Waals surface area contributed by atoms with Crippen LogP contribution in [-0.2, 0) is 17.6 Å². The van der Waals surface area contributed by atoms with Crippen LogP contribution in [0.1, 0.15) is 27.9 Å². The summed E-state index contributed by atoms with van der Waals surface area (Å²) in [5, 5.41) is 11.9. The standard InChI is InChI=1S/C31H25ClF3NO5/c32-24-3-1-2-22(18-24)28-15-14-27(40-25-10-12-26(13-11-25)41-31(33,34)35)19-23(28)9-6-20-4-7-21(8-5-20)30(39)36-17-16-29(37)38/h1-5,7-8,10-15,18-19H,6,9,16-17H2,(H,36,39)(H,37,38). The van der Waals surface area contributed by atoms with Crippen molar-refractivity contribution in [1.29, 1.82) is 0 Å². The first kappa shape index (κ1) is 29.5. The van der Waals surface area contributed by atoms with Crippen molar-refractivity contribution in [3.63, 3.8) is 0 Å². The van der Waals surface area contributed by atoms with E-state index in [2.05, 4.69) is 10.1 Å². The van der Waals surface area contributed by atoms with Gasteiger partial charge >= 0.3 is 12.3 Å². The maximum Gasteiger partial charge on any atom is 0.573 e. The summed E-state index contributed by atoms with van der Waals surface area (Å²) in [5.41, 5.74) is 4.23. The molecule has 0 aliphatic carbocycles. The molecular weight excluding hydrogens is 559 g/mol. The third kappa shape index (κ3) is 9.01. The molecule has 4 rings (SSSR count). The third-order valence-corrected chi connectivity index (χ3v) is 6.26. The lowest BCUT2D eigenvalue weighted by Crippen LogP contribution is -2.25. The number of alkyl halides is 3. The van der Waals surface area contributed by atoms with Crippen molar-refractivity contribution in [2.24, 2.45) is 0 Å². The minimum absolute atomic E-state index is 0.0477. The number of ether oxygens (including phenoxy) is 2. The highest BCUT2D eigenvalue weighted by Gasteiger charge is 2.31. The molecule has 0 bridgehead atoms. The predicted octanol–water partition coefficient (Wildman–Crippen LogP) is 7.69. The molecule has 4 aromatic carbocycles. The average Bonchev–Trinajstić information content (AvgIpc) is 2.92. The summed E-state index contributed by atoms with van der Waals surface area (Å²) < 4.78 is 47.2. The summed E-state index contributed by atoms with van der Waals surface area (Å²) in [5.74, 6) is -0.822. The van der Waals surface area contributed by atoms with Crippen LogP contribution in [-0.4, -0.2) is 29.9 Å². The fourth-order valence-electron chi connectivity index (χ4n) is 4.11. The van der Waals surface area contributed by atoms with E-state index in [9.17, 15) is 22.8 Å². The first-order chi connectivity index (χ1) is 19.6. The van der Waals surface area contributed by atoms with Gasteiger partial charge in [-0.15, -0.1) is 13.2 Å². The molecule has 4 aromatic rings. The second-order valence-corrected chi connectivity index (χ2v) is 9.48. The molecule has 0 aliphatic heterocycles. The number of carboxylic acids is 1. The average molecular weight is 584 g/mol. The Hall–Kier alpha value is -4.50. The van der Waals surface area contributed by atoms with Crippen molar-refractivity contribution >= 4 is 23.5 Å². The van der Waals surface area contributed by atoms with Gasteiger partial charge in [0, 0.05) is 17.1 Å². The van der Waals surface area contributed by atoms with Crippen LogP contribution in [0, 0.1) is 0 Å². The lowest BCUT2D eigenvalue weighted by Gasteiger charge is -2.14. The van der Waals surface area contributed by atoms with Gasteiger partial charge in [0.1, 0.15) is 17.2 Å². The Balaban J connectivity index is 1.50. The van der Waals surface area contributed by atoms with Crippen LogP contribution >= 0.6 is 11.6 Å². The lowest BCUT2D eigenvalue weighted by atomic mass is 9.94. The van der Waals surface area contributed by atoms with E-state index in [1.807, 2.05) is 42.5 Å². The van der Waals surface area contributed by atoms with Gasteiger partial charge < -0.3 is 19.9 Å². The van der Waals surface area contributed by atoms with Gasteiger partial charge in [0.15, 0.2) is 0 Å². The minimum Gasteiger partial charge on any atom is -0.481 e. The van der Waals surface area contributed by atoms with E-state index in [1.165, 1.54) is 24.3 Å². The SMILES string of the molecule is O=C(O)CCNC(=O)c1ccc(CCc2cc(Oc3ccc(OC(F)(F)F)cc3)ccc2-c2cccc(Cl)c2)cc1. The van der Waals surface area contributed by atoms with Crippen molar-refractivity contribution in [3.05, 3.63) is 113 Å². The molecule has 6 nitrogen and oxygen atoms in total. The van der Waals surface area contributed by atoms with E-state index >= 15 is 0 Å². The highest BCUT2D eigenvalue weighted by atomic mass is 35.5. The summed E-state index contributed by atoms with van der Waals surface area (Å²) in [6.07, 6.45) is -3.68. The summed E-state index contributed by atoms with van der Waals surface area (Å²) in [6, 6.07) is 25.2. The molecule has 10 heteroatoms. The number of benzene rings is 4. The molecule has 2 N–H and O–H groups in total. The number of carbonyl (C=O) groups excluding carboxylic acids is 1. The fourth-order valence-corrected chi connectivity index (χ4v) is 4.30. The smallest absolute Gasteiger partial charge is 0.481 e. The Morgan fingerprint density at radius 3 is 2.17 bits per heavy atom. The first-order valence-electron chi connectivity index (χ1n) is 12.6. The number of nitrogens with one attached hydrogen (secondary N) is 1. The first-order valence-corrected chi connectivity index (χ1v) is 12.9. The van der Waals surface area contributed by atoms with Gasteiger partial charge in [-0.3, -0.25) is 9.59 Å². The van der Waals surface area contributed by atoms with Crippen molar-refractivity contribution in [3.8, 4) is 28.4 Å². The zero-order valence-corrected chi connectivity index (χ0v) is 22.3. The molecule has 0 heterocycles. The molecular formula is C31H25ClF3NO5. The van der Waals surface area contributed by atoms with E-state index in [-0.39, 0.29) is 24.6 Å². The van der Waals surface area contributed by atoms with Gasteiger partial charge in [0.2, 0.25) is 0 Å². The van der Waals surface area contributed by atoms with Crippen LogP contribution in [0.15, 0.2) is 91.0 Å². The number of hydrogen-bond donors (Lipinski definition) is 2. The number of aryl methyl sites for hydroxylation is 2. The molecule has 41 heavy (non-hydrogen) atoms. The summed E-state index contributed by atoms with van der Waals surface area (Å²) in [6.45, 7) is 0.0477. The molecule has 212 valence electrons. The summed E-state index contributed by atoms with van der Waals surface area (Å²) >= 11 is 6.23. The van der Waals surface area contributed by atoms with Gasteiger partial charge in [-0.1, -0.05) is 41.9 Å². The number of halogens is 4. The second kappa shape index (κ2) is 13.2. The van der Waals surface area contributed by atoms with Crippen LogP contribution in [0.3, 0.4) is 0 Å². The largest absolute Gasteiger partial charge is 0.573 e. The Labute approximate surface area is 239 Å². The number of amides is 1. The zero-order valence-electron chi connectivity index (χ0n) is 21.6. The molecule has 0 unspecified atom stereocenters. The van der Waals surface area contributed by atoms with Crippen LogP contribution in [0.5, 0.6) is 17.2 Å². The van der Waals surface area contributed by atoms with E-state index < -0.39 is 12.3 Å². The molecule has 0 saturated heterocycles. The Bertz CT molecular complexity index is 1510. The van der Waals surface area contributed by atoms with E-state index in [4.69, 9.17) is 21.4 Å². The maximum absolute atomic E-state index is 12.5. The highest BCUT2D eigenvalue weighted by molar-refractivity contribution is 6.30. The molecule has 0 aliphatic rings. The Morgan fingerprint density at radius 1 is 0.829 bits per heavy atom. The minimum atomic E-state index is -4.78. The molecule has 1 amide bonds. The number of carboxylic acid groups (broad SMARTS) is 1. The van der Waals surface area contributed by atoms with Crippen molar-refractivity contribution < 1.29 is 37.3 Å². The summed E-state index contributed by atoms with van der Waals surface area (Å²) in [7, 11) is 0. The normalized spacial score (nSPS) is 11.1. The van der Waals surface area contributed by atoms with Gasteiger partial charge in [0.05, 0.1) is 6.42 Å². The Kier molecular flexibility index (Phi) is 9.52. The number of hydrogen-bond acceptors (Lipinski definition) is 4. The van der Waals surface area contributed by atoms with Crippen molar-refractivity contribution in [2.75, 3.05) is 6.54 Å². The molecule has 0 fully saturated rings. The van der Waals surface area contributed by atoms with Crippen LogP contribution in [0.25, 0.3) is 11.1 Å². The van der Waals surface area contributed by atoms with Gasteiger partial charge in [0.25, 0.3) is 5.91 Å². The van der Waals surface area contributed by atoms with Crippen molar-refractivity contribution in [1.82, 2.24) is 5.32 Å². The van der Waals surface area contributed by atoms with Gasteiger partial charge in [-0.05, 0) is 95.8 Å². The molecule has 0 saturated carbocycles. The molecule has 0 radical (unpaired) electrons. The number of aliphatic carboxylic acids is 1. The monoisotopic (exact) mass is 583 g/mol. The highest BCUT2D eigenvalue weighted by Crippen LogP contribution is 2.33. The summed E-state index contributed by atoms with van der Waals surface area (Å²) in [4.78, 5) is 22.9. The second-order valence-electron chi connectivity index (χ2n) is 9.05. The number of carbonyl (C=O) groups is 2. The van der Waals surface area contributed by atoms with E-state index in [0.29, 0.717) is 34.9 Å². The van der Waals surface area contributed by atoms with E-state index in [0.717, 1.165) is 22.3 Å². The van der Waals surface area contributed by atoms with Crippen LogP contribution in [0.2, 0.25) is 5.02 Å². The quantitative estimate of drug-likeness (QED) is 0.189. The van der Waals surface area contributed by atoms with Gasteiger partial charge in [-0.2, -0.15) is 0 Å². The zero-order chi connectivity index (χ0) is 29.4. The third-order valence-electron chi connectivity index (χ3n) is 6.03. The maximum atomic E-state index is 12.5. The molecule has 0 aromatic heterocycles. The Morgan fingerprint density at radius 2 is 1.51 bits per heavy atom. The lowest BCUT2D eigenvalue weighted by molar-refractivity contribution is -0.274. The topological polar surface area (TPSA) is 84.9 Å². The van der Waals surface area contributed by atoms with Crippen LogP contribution < -0.4 is 14.8 Å². The molecule has 0 spiro atoms. The van der Waals surface area contributed by atoms with Crippen molar-refractivity contribution in [2.45, 2.75) is 25.6 Å². The van der Waals surface area contributed by atoms with E-state index in [1.54, 1.807) is 24.3 Å².